The van der Waals surface area contributed by atoms with Crippen molar-refractivity contribution in [1.82, 2.24) is 20.0 Å². The minimum Gasteiger partial charge on any atom is -0.478 e. The van der Waals surface area contributed by atoms with Gasteiger partial charge in [-0.15, -0.1) is 0 Å². The number of nitrogens with one attached hydrogen (secondary N) is 1. The van der Waals surface area contributed by atoms with Gasteiger partial charge >= 0.3 is 17.8 Å². The molecule has 8 heteroatoms. The summed E-state index contributed by atoms with van der Waals surface area (Å²) in [5, 5.41) is 13.7. The number of carboxylic acid groups (broad SMARTS) is 1. The topological polar surface area (TPSA) is 93.2 Å². The van der Waals surface area contributed by atoms with E-state index in [1.54, 1.807) is 31.1 Å². The highest BCUT2D eigenvalue weighted by Gasteiger charge is 2.69. The first kappa shape index (κ1) is 36.6. The lowest BCUT2D eigenvalue weighted by molar-refractivity contribution is -0.217. The maximum Gasteiger partial charge on any atom is 0.335 e. The Balaban J connectivity index is 1.03. The molecular formula is C43H64N4O4. The van der Waals surface area contributed by atoms with E-state index in [4.69, 9.17) is 0 Å². The molecule has 3 unspecified atom stereocenters. The third-order valence-corrected chi connectivity index (χ3v) is 16.5. The summed E-state index contributed by atoms with van der Waals surface area (Å²) < 4.78 is 0. The van der Waals surface area contributed by atoms with Gasteiger partial charge in [-0.05, 0) is 126 Å². The molecule has 6 aliphatic rings. The number of benzene rings is 1. The fourth-order valence-electron chi connectivity index (χ4n) is 13.7. The molecule has 1 heterocycles. The van der Waals surface area contributed by atoms with Crippen molar-refractivity contribution >= 4 is 23.4 Å². The van der Waals surface area contributed by atoms with Crippen molar-refractivity contribution in [1.29, 1.82) is 0 Å². The molecule has 1 aromatic rings. The smallest absolute Gasteiger partial charge is 0.335 e. The molecule has 0 spiro atoms. The van der Waals surface area contributed by atoms with E-state index in [1.165, 1.54) is 73.8 Å². The largest absolute Gasteiger partial charge is 0.478 e. The van der Waals surface area contributed by atoms with E-state index in [2.05, 4.69) is 50.9 Å². The van der Waals surface area contributed by atoms with Crippen molar-refractivity contribution in [3.8, 4) is 0 Å². The van der Waals surface area contributed by atoms with Crippen molar-refractivity contribution in [2.75, 3.05) is 53.4 Å². The standard InChI is InChI=1S/C43H64N4O4/c1-39(2)31(29-10-12-30(13-11-29)38(50)51)16-19-40(3)34(39)17-20-42(5)35(40)15-14-32-33-9-8-18-43(33,22-21-41(32,42)4)44-23-24-46-25-27-47(28-26-46)37(49)36(48)45(6)7/h10-13,16,32-35,44H,8-9,14-15,17-28H2,1-7H3,(H,50,51)/t32-,33?,34?,35?,40+,41-,42-,43+/m1/s1. The predicted octanol–water partition coefficient (Wildman–Crippen LogP) is 6.81. The predicted molar refractivity (Wildman–Crippen MR) is 202 cm³/mol. The normalized spacial score (nSPS) is 38.8. The number of hydrogen-bond donors (Lipinski definition) is 2. The zero-order valence-electron chi connectivity index (χ0n) is 32.5. The number of amides is 2. The second-order valence-electron chi connectivity index (χ2n) is 19.0. The molecule has 280 valence electrons. The highest BCUT2D eigenvalue weighted by atomic mass is 16.4. The van der Waals surface area contributed by atoms with Gasteiger partial charge in [-0.1, -0.05) is 59.2 Å². The number of carboxylic acids is 1. The third kappa shape index (κ3) is 5.71. The second kappa shape index (κ2) is 13.0. The van der Waals surface area contributed by atoms with Gasteiger partial charge in [0.15, 0.2) is 0 Å². The Bertz CT molecular complexity index is 1560. The first-order valence-electron chi connectivity index (χ1n) is 20.1. The van der Waals surface area contributed by atoms with Gasteiger partial charge in [0.25, 0.3) is 0 Å². The molecule has 0 bridgehead atoms. The van der Waals surface area contributed by atoms with Crippen LogP contribution in [-0.4, -0.2) is 96.5 Å². The minimum atomic E-state index is -0.865. The summed E-state index contributed by atoms with van der Waals surface area (Å²) in [7, 11) is 3.28. The number of carbonyl (C=O) groups excluding carboxylic acids is 2. The Kier molecular flexibility index (Phi) is 9.34. The van der Waals surface area contributed by atoms with Crippen LogP contribution in [0.4, 0.5) is 0 Å². The molecule has 7 rings (SSSR count). The molecule has 2 N–H and O–H groups in total. The number of rotatable bonds is 6. The van der Waals surface area contributed by atoms with Crippen molar-refractivity contribution in [2.45, 2.75) is 104 Å². The van der Waals surface area contributed by atoms with Crippen LogP contribution in [0.5, 0.6) is 0 Å². The summed E-state index contributed by atoms with van der Waals surface area (Å²) in [6.45, 7) is 17.9. The van der Waals surface area contributed by atoms with E-state index in [-0.39, 0.29) is 22.3 Å². The fraction of sp³-hybridized carbons (Fsp3) is 0.744. The first-order chi connectivity index (χ1) is 24.1. The van der Waals surface area contributed by atoms with Crippen LogP contribution in [0, 0.1) is 45.3 Å². The third-order valence-electron chi connectivity index (χ3n) is 16.5. The fourth-order valence-corrected chi connectivity index (χ4v) is 13.7. The molecule has 4 saturated carbocycles. The Morgan fingerprint density at radius 1 is 0.824 bits per heavy atom. The highest BCUT2D eigenvalue weighted by Crippen LogP contribution is 2.76. The number of piperazine rings is 1. The van der Waals surface area contributed by atoms with E-state index in [1.807, 2.05) is 12.1 Å². The van der Waals surface area contributed by atoms with Crippen LogP contribution < -0.4 is 5.32 Å². The average Bonchev–Trinajstić information content (AvgIpc) is 3.52. The summed E-state index contributed by atoms with van der Waals surface area (Å²) in [5.74, 6) is 1.15. The Morgan fingerprint density at radius 2 is 1.53 bits per heavy atom. The summed E-state index contributed by atoms with van der Waals surface area (Å²) in [6, 6.07) is 7.60. The van der Waals surface area contributed by atoms with Crippen LogP contribution in [0.2, 0.25) is 0 Å². The molecule has 0 radical (unpaired) electrons. The Morgan fingerprint density at radius 3 is 2.20 bits per heavy atom. The van der Waals surface area contributed by atoms with Gasteiger partial charge in [-0.25, -0.2) is 4.79 Å². The zero-order valence-corrected chi connectivity index (χ0v) is 32.5. The summed E-state index contributed by atoms with van der Waals surface area (Å²) in [5.41, 5.74) is 4.15. The van der Waals surface area contributed by atoms with E-state index < -0.39 is 11.9 Å². The van der Waals surface area contributed by atoms with Gasteiger partial charge in [0, 0.05) is 58.9 Å². The Hall–Kier alpha value is -2.71. The van der Waals surface area contributed by atoms with Crippen molar-refractivity contribution in [2.24, 2.45) is 45.3 Å². The van der Waals surface area contributed by atoms with Crippen LogP contribution in [0.3, 0.4) is 0 Å². The molecule has 51 heavy (non-hydrogen) atoms. The van der Waals surface area contributed by atoms with Crippen LogP contribution in [-0.2, 0) is 9.59 Å². The van der Waals surface area contributed by atoms with Crippen molar-refractivity contribution in [3.63, 3.8) is 0 Å². The maximum absolute atomic E-state index is 12.5. The monoisotopic (exact) mass is 700 g/mol. The first-order valence-corrected chi connectivity index (χ1v) is 20.1. The molecule has 0 aromatic heterocycles. The molecule has 8 atom stereocenters. The number of likely N-dealkylation sites (N-methyl/N-ethyl adjacent to an activating group) is 1. The van der Waals surface area contributed by atoms with Crippen LogP contribution in [0.15, 0.2) is 30.3 Å². The molecule has 1 aliphatic heterocycles. The van der Waals surface area contributed by atoms with Gasteiger partial charge in [-0.2, -0.15) is 0 Å². The number of hydrogen-bond acceptors (Lipinski definition) is 5. The lowest BCUT2D eigenvalue weighted by atomic mass is 9.33. The number of allylic oxidation sites excluding steroid dienone is 2. The second-order valence-corrected chi connectivity index (χ2v) is 19.0. The maximum atomic E-state index is 12.5. The van der Waals surface area contributed by atoms with Crippen molar-refractivity contribution in [3.05, 3.63) is 41.5 Å². The lowest BCUT2D eigenvalue weighted by Gasteiger charge is -2.72. The highest BCUT2D eigenvalue weighted by molar-refractivity contribution is 6.34. The van der Waals surface area contributed by atoms with E-state index in [0.717, 1.165) is 44.4 Å². The van der Waals surface area contributed by atoms with Gasteiger partial charge in [0.2, 0.25) is 0 Å². The van der Waals surface area contributed by atoms with Gasteiger partial charge in [0.1, 0.15) is 0 Å². The number of nitrogens with zero attached hydrogens (tertiary/aromatic N) is 3. The number of carbonyl (C=O) groups is 3. The van der Waals surface area contributed by atoms with E-state index >= 15 is 0 Å². The van der Waals surface area contributed by atoms with Crippen LogP contribution >= 0.6 is 0 Å². The van der Waals surface area contributed by atoms with E-state index in [0.29, 0.717) is 41.3 Å². The van der Waals surface area contributed by atoms with Crippen molar-refractivity contribution < 1.29 is 19.5 Å². The molecule has 2 amide bonds. The summed E-state index contributed by atoms with van der Waals surface area (Å²) in [6.07, 6.45) is 15.5. The SMILES string of the molecule is CN(C)C(=O)C(=O)N1CCN(CCN[C@]23CCCC2[C@H]2CCC4[C@@]5(C)CC=C(c6ccc(C(=O)O)cc6)C(C)(C)C5CC[C@@]4(C)[C@]2(C)CC3)CC1. The molecular weight excluding hydrogens is 636 g/mol. The summed E-state index contributed by atoms with van der Waals surface area (Å²) in [4.78, 5) is 41.8. The van der Waals surface area contributed by atoms with Crippen LogP contribution in [0.1, 0.15) is 115 Å². The quantitative estimate of drug-likeness (QED) is 0.317. The lowest BCUT2D eigenvalue weighted by Crippen LogP contribution is -2.67. The molecule has 1 aromatic carbocycles. The zero-order chi connectivity index (χ0) is 36.6. The van der Waals surface area contributed by atoms with Crippen LogP contribution in [0.25, 0.3) is 5.57 Å². The average molecular weight is 701 g/mol. The summed E-state index contributed by atoms with van der Waals surface area (Å²) >= 11 is 0. The molecule has 8 nitrogen and oxygen atoms in total. The molecule has 1 saturated heterocycles. The molecule has 5 aliphatic carbocycles. The number of aromatic carboxylic acids is 1. The van der Waals surface area contributed by atoms with Gasteiger partial charge in [-0.3, -0.25) is 14.5 Å². The van der Waals surface area contributed by atoms with E-state index in [9.17, 15) is 19.5 Å². The Labute approximate surface area is 306 Å². The minimum absolute atomic E-state index is 0.0275. The van der Waals surface area contributed by atoms with Gasteiger partial charge < -0.3 is 20.2 Å². The molecule has 5 fully saturated rings. The van der Waals surface area contributed by atoms with Gasteiger partial charge in [0.05, 0.1) is 5.56 Å². The number of fused-ring (bicyclic) bond motifs is 7.